The first-order valence-corrected chi connectivity index (χ1v) is 6.55. The van der Waals surface area contributed by atoms with Crippen LogP contribution < -0.4 is 27.8 Å². The van der Waals surface area contributed by atoms with Crippen molar-refractivity contribution in [2.24, 2.45) is 23.1 Å². The zero-order valence-corrected chi connectivity index (χ0v) is 12.2. The Morgan fingerprint density at radius 1 is 1.10 bits per heavy atom. The van der Waals surface area contributed by atoms with Gasteiger partial charge in [-0.15, -0.1) is 0 Å². The smallest absolute Gasteiger partial charge is 0.240 e. The van der Waals surface area contributed by atoms with E-state index in [1.54, 1.807) is 13.8 Å². The average molecular weight is 301 g/mol. The summed E-state index contributed by atoms with van der Waals surface area (Å²) in [6.07, 6.45) is 0.0799. The molecule has 0 fully saturated rings. The Balaban J connectivity index is 4.20. The molecule has 0 aliphatic heterocycles. The molecule has 0 aliphatic carbocycles. The molecular weight excluding hydrogens is 278 g/mol. The fourth-order valence-electron chi connectivity index (χ4n) is 1.52. The molecule has 0 unspecified atom stereocenters. The van der Waals surface area contributed by atoms with E-state index in [1.165, 1.54) is 0 Å². The maximum absolute atomic E-state index is 11.6. The number of carbonyl (C=O) groups excluding carboxylic acids is 4. The highest BCUT2D eigenvalue weighted by Crippen LogP contribution is 2.00. The second-order valence-electron chi connectivity index (χ2n) is 5.02. The SMILES string of the molecule is CC(C)[C@H](NC(=O)CNC(=O)[C@@H](N)CCC(N)=O)C(N)=O. The Labute approximate surface area is 123 Å². The van der Waals surface area contributed by atoms with Crippen LogP contribution in [-0.2, 0) is 19.2 Å². The number of hydrogen-bond acceptors (Lipinski definition) is 5. The Morgan fingerprint density at radius 2 is 1.67 bits per heavy atom. The van der Waals surface area contributed by atoms with E-state index in [0.717, 1.165) is 0 Å². The zero-order chi connectivity index (χ0) is 16.6. The normalized spacial score (nSPS) is 13.3. The molecule has 0 spiro atoms. The molecule has 0 aliphatic rings. The quantitative estimate of drug-likeness (QED) is 0.312. The number of hydrogen-bond donors (Lipinski definition) is 5. The summed E-state index contributed by atoms with van der Waals surface area (Å²) in [7, 11) is 0. The van der Waals surface area contributed by atoms with Gasteiger partial charge in [-0.05, 0) is 12.3 Å². The van der Waals surface area contributed by atoms with E-state index in [2.05, 4.69) is 10.6 Å². The molecule has 0 radical (unpaired) electrons. The standard InChI is InChI=1S/C12H23N5O4/c1-6(2)10(11(15)20)17-9(19)5-16-12(21)7(13)3-4-8(14)18/h6-7,10H,3-5,13H2,1-2H3,(H2,14,18)(H2,15,20)(H,16,21)(H,17,19)/t7-,10-/m0/s1. The van der Waals surface area contributed by atoms with Gasteiger partial charge in [0.15, 0.2) is 0 Å². The van der Waals surface area contributed by atoms with Crippen molar-refractivity contribution in [2.75, 3.05) is 6.54 Å². The Kier molecular flexibility index (Phi) is 7.99. The van der Waals surface area contributed by atoms with E-state index < -0.39 is 35.7 Å². The third-order valence-electron chi connectivity index (χ3n) is 2.75. The maximum Gasteiger partial charge on any atom is 0.240 e. The predicted octanol–water partition coefficient (Wildman–Crippen LogP) is -2.68. The summed E-state index contributed by atoms with van der Waals surface area (Å²) >= 11 is 0. The summed E-state index contributed by atoms with van der Waals surface area (Å²) in [6.45, 7) is 3.13. The molecule has 0 bridgehead atoms. The molecule has 0 rings (SSSR count). The van der Waals surface area contributed by atoms with Gasteiger partial charge in [-0.1, -0.05) is 13.8 Å². The summed E-state index contributed by atoms with van der Waals surface area (Å²) < 4.78 is 0. The molecule has 0 heterocycles. The fraction of sp³-hybridized carbons (Fsp3) is 0.667. The van der Waals surface area contributed by atoms with Gasteiger partial charge in [-0.3, -0.25) is 19.2 Å². The molecule has 0 saturated carbocycles. The minimum atomic E-state index is -0.928. The number of primary amides is 2. The fourth-order valence-corrected chi connectivity index (χ4v) is 1.52. The monoisotopic (exact) mass is 301 g/mol. The van der Waals surface area contributed by atoms with Gasteiger partial charge in [0.05, 0.1) is 12.6 Å². The lowest BCUT2D eigenvalue weighted by molar-refractivity contribution is -0.129. The van der Waals surface area contributed by atoms with Crippen molar-refractivity contribution in [3.8, 4) is 0 Å². The lowest BCUT2D eigenvalue weighted by atomic mass is 10.0. The number of carbonyl (C=O) groups is 4. The van der Waals surface area contributed by atoms with Crippen molar-refractivity contribution < 1.29 is 19.2 Å². The highest BCUT2D eigenvalue weighted by Gasteiger charge is 2.22. The van der Waals surface area contributed by atoms with Crippen LogP contribution in [0.25, 0.3) is 0 Å². The van der Waals surface area contributed by atoms with E-state index >= 15 is 0 Å². The van der Waals surface area contributed by atoms with Crippen molar-refractivity contribution in [3.63, 3.8) is 0 Å². The topological polar surface area (TPSA) is 170 Å². The Hall–Kier alpha value is -2.16. The molecule has 120 valence electrons. The highest BCUT2D eigenvalue weighted by molar-refractivity contribution is 5.90. The number of rotatable bonds is 9. The van der Waals surface area contributed by atoms with Gasteiger partial charge < -0.3 is 27.8 Å². The van der Waals surface area contributed by atoms with Crippen LogP contribution in [0.3, 0.4) is 0 Å². The molecule has 4 amide bonds. The van der Waals surface area contributed by atoms with Gasteiger partial charge in [0.1, 0.15) is 6.04 Å². The summed E-state index contributed by atoms with van der Waals surface area (Å²) in [5.74, 6) is -2.51. The summed E-state index contributed by atoms with van der Waals surface area (Å²) in [5.41, 5.74) is 15.6. The molecule has 0 saturated heterocycles. The van der Waals surface area contributed by atoms with Crippen molar-refractivity contribution in [3.05, 3.63) is 0 Å². The van der Waals surface area contributed by atoms with E-state index in [-0.39, 0.29) is 25.3 Å². The van der Waals surface area contributed by atoms with Crippen molar-refractivity contribution in [1.82, 2.24) is 10.6 Å². The summed E-state index contributed by atoms with van der Waals surface area (Å²) in [5, 5.41) is 4.73. The van der Waals surface area contributed by atoms with E-state index in [0.29, 0.717) is 0 Å². The predicted molar refractivity (Wildman–Crippen MR) is 75.4 cm³/mol. The summed E-state index contributed by atoms with van der Waals surface area (Å²) in [6, 6.07) is -1.74. The zero-order valence-electron chi connectivity index (χ0n) is 12.2. The second kappa shape index (κ2) is 8.90. The van der Waals surface area contributed by atoms with Crippen LogP contribution in [0.2, 0.25) is 0 Å². The van der Waals surface area contributed by atoms with Crippen LogP contribution in [0.1, 0.15) is 26.7 Å². The van der Waals surface area contributed by atoms with Crippen LogP contribution in [-0.4, -0.2) is 42.3 Å². The number of nitrogens with one attached hydrogen (secondary N) is 2. The molecule has 9 heteroatoms. The van der Waals surface area contributed by atoms with Crippen molar-refractivity contribution in [1.29, 1.82) is 0 Å². The minimum absolute atomic E-state index is 0.0160. The molecule has 9 nitrogen and oxygen atoms in total. The first-order valence-electron chi connectivity index (χ1n) is 6.55. The minimum Gasteiger partial charge on any atom is -0.370 e. The van der Waals surface area contributed by atoms with E-state index in [9.17, 15) is 19.2 Å². The van der Waals surface area contributed by atoms with Crippen LogP contribution in [0, 0.1) is 5.92 Å². The molecule has 8 N–H and O–H groups in total. The lowest BCUT2D eigenvalue weighted by Crippen LogP contribution is -2.51. The molecule has 2 atom stereocenters. The third-order valence-corrected chi connectivity index (χ3v) is 2.75. The second-order valence-corrected chi connectivity index (χ2v) is 5.02. The number of nitrogens with two attached hydrogens (primary N) is 3. The first-order chi connectivity index (χ1) is 9.65. The maximum atomic E-state index is 11.6. The molecule has 0 aromatic rings. The van der Waals surface area contributed by atoms with Gasteiger partial charge in [-0.25, -0.2) is 0 Å². The van der Waals surface area contributed by atoms with Gasteiger partial charge in [-0.2, -0.15) is 0 Å². The molecule has 21 heavy (non-hydrogen) atoms. The van der Waals surface area contributed by atoms with E-state index in [4.69, 9.17) is 17.2 Å². The van der Waals surface area contributed by atoms with E-state index in [1.807, 2.05) is 0 Å². The molecule has 0 aromatic heterocycles. The Morgan fingerprint density at radius 3 is 2.10 bits per heavy atom. The molecular formula is C12H23N5O4. The largest absolute Gasteiger partial charge is 0.370 e. The third kappa shape index (κ3) is 7.88. The lowest BCUT2D eigenvalue weighted by Gasteiger charge is -2.19. The van der Waals surface area contributed by atoms with Gasteiger partial charge >= 0.3 is 0 Å². The van der Waals surface area contributed by atoms with Crippen molar-refractivity contribution >= 4 is 23.6 Å². The number of amides is 4. The van der Waals surface area contributed by atoms with Crippen LogP contribution in [0.4, 0.5) is 0 Å². The van der Waals surface area contributed by atoms with Crippen LogP contribution in [0.15, 0.2) is 0 Å². The van der Waals surface area contributed by atoms with Crippen LogP contribution >= 0.6 is 0 Å². The van der Waals surface area contributed by atoms with Gasteiger partial charge in [0, 0.05) is 6.42 Å². The average Bonchev–Trinajstić information content (AvgIpc) is 2.38. The molecule has 0 aromatic carbocycles. The van der Waals surface area contributed by atoms with Crippen molar-refractivity contribution in [2.45, 2.75) is 38.8 Å². The summed E-state index contributed by atoms with van der Waals surface area (Å²) in [4.78, 5) is 44.9. The first kappa shape index (κ1) is 18.8. The Bertz CT molecular complexity index is 410. The highest BCUT2D eigenvalue weighted by atomic mass is 16.2. The van der Waals surface area contributed by atoms with Crippen LogP contribution in [0.5, 0.6) is 0 Å². The van der Waals surface area contributed by atoms with Gasteiger partial charge in [0.2, 0.25) is 23.6 Å². The van der Waals surface area contributed by atoms with Gasteiger partial charge in [0.25, 0.3) is 0 Å².